The molecule has 0 bridgehead atoms. The van der Waals surface area contributed by atoms with Gasteiger partial charge in [0.2, 0.25) is 5.91 Å². The molecule has 0 aliphatic carbocycles. The van der Waals surface area contributed by atoms with Gasteiger partial charge in [-0.2, -0.15) is 0 Å². The summed E-state index contributed by atoms with van der Waals surface area (Å²) < 4.78 is 11.0. The van der Waals surface area contributed by atoms with E-state index in [1.807, 2.05) is 6.92 Å². The van der Waals surface area contributed by atoms with Crippen LogP contribution in [-0.4, -0.2) is 25.0 Å². The SMILES string of the molecule is COc1cc(C(=O)Nc2cccc(C(N)=O)c2)cc2c1O[C@@H](C)C2. The minimum absolute atomic E-state index is 0.0551. The number of carbonyl (C=O) groups is 2. The first-order chi connectivity index (χ1) is 11.5. The van der Waals surface area contributed by atoms with Gasteiger partial charge < -0.3 is 20.5 Å². The second-order valence-electron chi connectivity index (χ2n) is 5.70. The van der Waals surface area contributed by atoms with Gasteiger partial charge in [-0.3, -0.25) is 9.59 Å². The van der Waals surface area contributed by atoms with Crippen LogP contribution in [0.25, 0.3) is 0 Å². The molecule has 0 saturated heterocycles. The van der Waals surface area contributed by atoms with Crippen molar-refractivity contribution in [3.05, 3.63) is 53.1 Å². The van der Waals surface area contributed by atoms with Crippen molar-refractivity contribution < 1.29 is 19.1 Å². The van der Waals surface area contributed by atoms with Crippen molar-refractivity contribution in [2.24, 2.45) is 5.73 Å². The van der Waals surface area contributed by atoms with Crippen LogP contribution in [0, 0.1) is 0 Å². The van der Waals surface area contributed by atoms with Crippen molar-refractivity contribution in [1.82, 2.24) is 0 Å². The van der Waals surface area contributed by atoms with Gasteiger partial charge in [-0.25, -0.2) is 0 Å². The number of ether oxygens (including phenoxy) is 2. The van der Waals surface area contributed by atoms with E-state index in [9.17, 15) is 9.59 Å². The van der Waals surface area contributed by atoms with Crippen LogP contribution in [0.2, 0.25) is 0 Å². The van der Waals surface area contributed by atoms with Crippen LogP contribution in [0.3, 0.4) is 0 Å². The second kappa shape index (κ2) is 6.23. The zero-order valence-electron chi connectivity index (χ0n) is 13.5. The molecule has 6 nitrogen and oxygen atoms in total. The largest absolute Gasteiger partial charge is 0.493 e. The van der Waals surface area contributed by atoms with E-state index in [0.717, 1.165) is 12.0 Å². The predicted octanol–water partition coefficient (Wildman–Crippen LogP) is 2.37. The van der Waals surface area contributed by atoms with Crippen LogP contribution in [0.1, 0.15) is 33.2 Å². The number of hydrogen-bond acceptors (Lipinski definition) is 4. The van der Waals surface area contributed by atoms with Gasteiger partial charge in [0.25, 0.3) is 5.91 Å². The molecule has 2 aromatic carbocycles. The van der Waals surface area contributed by atoms with Gasteiger partial charge in [0.1, 0.15) is 6.10 Å². The van der Waals surface area contributed by atoms with Gasteiger partial charge in [-0.1, -0.05) is 6.07 Å². The third-order valence-corrected chi connectivity index (χ3v) is 3.85. The lowest BCUT2D eigenvalue weighted by Crippen LogP contribution is -2.14. The summed E-state index contributed by atoms with van der Waals surface area (Å²) in [7, 11) is 1.54. The number of carbonyl (C=O) groups excluding carboxylic acids is 2. The summed E-state index contributed by atoms with van der Waals surface area (Å²) in [6.07, 6.45) is 0.781. The Balaban J connectivity index is 1.87. The number of fused-ring (bicyclic) bond motifs is 1. The summed E-state index contributed by atoms with van der Waals surface area (Å²) in [5.41, 5.74) is 7.50. The highest BCUT2D eigenvalue weighted by Crippen LogP contribution is 2.39. The summed E-state index contributed by atoms with van der Waals surface area (Å²) in [4.78, 5) is 23.8. The number of rotatable bonds is 4. The molecule has 0 radical (unpaired) electrons. The minimum atomic E-state index is -0.545. The number of nitrogens with one attached hydrogen (secondary N) is 1. The lowest BCUT2D eigenvalue weighted by Gasteiger charge is -2.11. The van der Waals surface area contributed by atoms with Gasteiger partial charge >= 0.3 is 0 Å². The first kappa shape index (κ1) is 15.9. The van der Waals surface area contributed by atoms with E-state index in [1.54, 1.807) is 37.4 Å². The Bertz CT molecular complexity index is 817. The fraction of sp³-hybridized carbons (Fsp3) is 0.222. The highest BCUT2D eigenvalue weighted by molar-refractivity contribution is 6.05. The predicted molar refractivity (Wildman–Crippen MR) is 89.7 cm³/mol. The average molecular weight is 326 g/mol. The molecule has 2 amide bonds. The number of hydrogen-bond donors (Lipinski definition) is 2. The summed E-state index contributed by atoms with van der Waals surface area (Å²) >= 11 is 0. The van der Waals surface area contributed by atoms with Crippen LogP contribution in [0.5, 0.6) is 11.5 Å². The van der Waals surface area contributed by atoms with Crippen LogP contribution >= 0.6 is 0 Å². The molecule has 3 N–H and O–H groups in total. The highest BCUT2D eigenvalue weighted by Gasteiger charge is 2.25. The molecule has 1 atom stereocenters. The maximum absolute atomic E-state index is 12.5. The van der Waals surface area contributed by atoms with E-state index >= 15 is 0 Å². The van der Waals surface area contributed by atoms with Crippen molar-refractivity contribution in [2.45, 2.75) is 19.4 Å². The quantitative estimate of drug-likeness (QED) is 0.902. The number of primary amides is 1. The molecule has 3 rings (SSSR count). The van der Waals surface area contributed by atoms with Gasteiger partial charge in [-0.15, -0.1) is 0 Å². The summed E-state index contributed by atoms with van der Waals surface area (Å²) in [5.74, 6) is 0.388. The molecule has 0 fully saturated rings. The summed E-state index contributed by atoms with van der Waals surface area (Å²) in [5, 5.41) is 2.76. The third-order valence-electron chi connectivity index (χ3n) is 3.85. The molecule has 0 spiro atoms. The molecule has 1 aliphatic rings. The fourth-order valence-corrected chi connectivity index (χ4v) is 2.73. The molecule has 24 heavy (non-hydrogen) atoms. The van der Waals surface area contributed by atoms with E-state index in [0.29, 0.717) is 28.3 Å². The number of methoxy groups -OCH3 is 1. The average Bonchev–Trinajstić information content (AvgIpc) is 2.94. The summed E-state index contributed by atoms with van der Waals surface area (Å²) in [6.45, 7) is 1.97. The highest BCUT2D eigenvalue weighted by atomic mass is 16.5. The Hall–Kier alpha value is -3.02. The van der Waals surface area contributed by atoms with Crippen molar-refractivity contribution in [3.8, 4) is 11.5 Å². The van der Waals surface area contributed by atoms with Gasteiger partial charge in [0, 0.05) is 28.8 Å². The maximum atomic E-state index is 12.5. The zero-order valence-corrected chi connectivity index (χ0v) is 13.5. The Morgan fingerprint density at radius 2 is 2.04 bits per heavy atom. The van der Waals surface area contributed by atoms with E-state index in [4.69, 9.17) is 15.2 Å². The molecular formula is C18H18N2O4. The van der Waals surface area contributed by atoms with Crippen LogP contribution in [-0.2, 0) is 6.42 Å². The molecule has 0 aromatic heterocycles. The summed E-state index contributed by atoms with van der Waals surface area (Å²) in [6, 6.07) is 9.93. The van der Waals surface area contributed by atoms with E-state index in [1.165, 1.54) is 6.07 Å². The fourth-order valence-electron chi connectivity index (χ4n) is 2.73. The molecule has 1 heterocycles. The Kier molecular flexibility index (Phi) is 4.12. The van der Waals surface area contributed by atoms with Gasteiger partial charge in [0.05, 0.1) is 7.11 Å². The first-order valence-corrected chi connectivity index (χ1v) is 7.56. The molecule has 0 saturated carbocycles. The Morgan fingerprint density at radius 3 is 2.75 bits per heavy atom. The van der Waals surface area contributed by atoms with E-state index < -0.39 is 5.91 Å². The Morgan fingerprint density at radius 1 is 1.25 bits per heavy atom. The van der Waals surface area contributed by atoms with Crippen molar-refractivity contribution in [1.29, 1.82) is 0 Å². The smallest absolute Gasteiger partial charge is 0.255 e. The molecule has 124 valence electrons. The normalized spacial score (nSPS) is 15.3. The van der Waals surface area contributed by atoms with Crippen molar-refractivity contribution in [2.75, 3.05) is 12.4 Å². The molecule has 6 heteroatoms. The Labute approximate surface area is 139 Å². The lowest BCUT2D eigenvalue weighted by atomic mass is 10.1. The molecule has 0 unspecified atom stereocenters. The number of nitrogens with two attached hydrogens (primary N) is 1. The van der Waals surface area contributed by atoms with E-state index in [2.05, 4.69) is 5.32 Å². The minimum Gasteiger partial charge on any atom is -0.493 e. The van der Waals surface area contributed by atoms with Crippen LogP contribution in [0.15, 0.2) is 36.4 Å². The monoisotopic (exact) mass is 326 g/mol. The van der Waals surface area contributed by atoms with E-state index in [-0.39, 0.29) is 12.0 Å². The standard InChI is InChI=1S/C18H18N2O4/c1-10-6-12-7-13(9-15(23-2)16(12)24-10)18(22)20-14-5-3-4-11(8-14)17(19)21/h3-5,7-10H,6H2,1-2H3,(H2,19,21)(H,20,22)/t10-/m0/s1. The van der Waals surface area contributed by atoms with Crippen LogP contribution < -0.4 is 20.5 Å². The van der Waals surface area contributed by atoms with Crippen molar-refractivity contribution >= 4 is 17.5 Å². The van der Waals surface area contributed by atoms with Gasteiger partial charge in [0.15, 0.2) is 11.5 Å². The first-order valence-electron chi connectivity index (χ1n) is 7.56. The molecule has 2 aromatic rings. The second-order valence-corrected chi connectivity index (χ2v) is 5.70. The topological polar surface area (TPSA) is 90.6 Å². The van der Waals surface area contributed by atoms with Gasteiger partial charge in [-0.05, 0) is 37.3 Å². The maximum Gasteiger partial charge on any atom is 0.255 e. The number of anilines is 1. The van der Waals surface area contributed by atoms with Crippen molar-refractivity contribution in [3.63, 3.8) is 0 Å². The number of benzene rings is 2. The number of amides is 2. The lowest BCUT2D eigenvalue weighted by molar-refractivity contribution is 0.0996. The van der Waals surface area contributed by atoms with Crippen LogP contribution in [0.4, 0.5) is 5.69 Å². The third kappa shape index (κ3) is 3.03. The molecule has 1 aliphatic heterocycles. The zero-order chi connectivity index (χ0) is 17.3. The molecular weight excluding hydrogens is 308 g/mol.